The number of hydrogen-bond donors (Lipinski definition) is 1. The van der Waals surface area contributed by atoms with Crippen molar-refractivity contribution in [2.24, 2.45) is 0 Å². The average Bonchev–Trinajstić information content (AvgIpc) is 2.70. The number of carbonyl (C=O) groups is 2. The summed E-state index contributed by atoms with van der Waals surface area (Å²) in [7, 11) is 1.52. The van der Waals surface area contributed by atoms with Gasteiger partial charge in [-0.25, -0.2) is 4.79 Å². The zero-order valence-electron chi connectivity index (χ0n) is 15.7. The van der Waals surface area contributed by atoms with Crippen LogP contribution < -0.4 is 14.8 Å². The number of halogens is 1. The lowest BCUT2D eigenvalue weighted by Crippen LogP contribution is -2.17. The van der Waals surface area contributed by atoms with Gasteiger partial charge in [-0.05, 0) is 49.4 Å². The Balaban J connectivity index is 1.83. The maximum Gasteiger partial charge on any atom is 0.344 e. The second-order valence-corrected chi connectivity index (χ2v) is 5.94. The van der Waals surface area contributed by atoms with E-state index in [2.05, 4.69) is 5.32 Å². The van der Waals surface area contributed by atoms with E-state index in [1.807, 2.05) is 6.92 Å². The van der Waals surface area contributed by atoms with Gasteiger partial charge in [-0.15, -0.1) is 0 Å². The lowest BCUT2D eigenvalue weighted by molar-refractivity contribution is -0.147. The van der Waals surface area contributed by atoms with Crippen molar-refractivity contribution < 1.29 is 28.5 Å². The van der Waals surface area contributed by atoms with Crippen molar-refractivity contribution in [1.29, 1.82) is 0 Å². The van der Waals surface area contributed by atoms with Crippen molar-refractivity contribution in [1.82, 2.24) is 0 Å². The first-order chi connectivity index (χ1) is 13.5. The molecular weight excluding hydrogens is 386 g/mol. The second kappa shape index (κ2) is 11.2. The zero-order valence-corrected chi connectivity index (χ0v) is 16.5. The zero-order chi connectivity index (χ0) is 20.4. The summed E-state index contributed by atoms with van der Waals surface area (Å²) in [5.74, 6) is 0.185. The van der Waals surface area contributed by atoms with Crippen LogP contribution in [0.3, 0.4) is 0 Å². The van der Waals surface area contributed by atoms with E-state index in [0.717, 1.165) is 0 Å². The van der Waals surface area contributed by atoms with Gasteiger partial charge in [-0.2, -0.15) is 0 Å². The molecule has 0 saturated carbocycles. The first-order valence-electron chi connectivity index (χ1n) is 8.64. The fourth-order valence-corrected chi connectivity index (χ4v) is 2.45. The first-order valence-corrected chi connectivity index (χ1v) is 9.02. The highest BCUT2D eigenvalue weighted by Crippen LogP contribution is 2.27. The summed E-state index contributed by atoms with van der Waals surface area (Å²) in [4.78, 5) is 23.9. The summed E-state index contributed by atoms with van der Waals surface area (Å²) in [6, 6.07) is 11.4. The molecule has 0 fully saturated rings. The van der Waals surface area contributed by atoms with Gasteiger partial charge in [-0.3, -0.25) is 4.79 Å². The topological polar surface area (TPSA) is 83.1 Å². The van der Waals surface area contributed by atoms with Crippen LogP contribution in [0.1, 0.15) is 17.3 Å². The number of methoxy groups -OCH3 is 1. The van der Waals surface area contributed by atoms with E-state index in [4.69, 9.17) is 30.5 Å². The maximum absolute atomic E-state index is 12.3. The van der Waals surface area contributed by atoms with E-state index in [-0.39, 0.29) is 19.1 Å². The van der Waals surface area contributed by atoms with E-state index in [0.29, 0.717) is 41.0 Å². The number of anilines is 1. The largest absolute Gasteiger partial charge is 0.495 e. The molecule has 28 heavy (non-hydrogen) atoms. The van der Waals surface area contributed by atoms with Crippen molar-refractivity contribution in [3.8, 4) is 11.5 Å². The number of amides is 1. The molecule has 150 valence electrons. The van der Waals surface area contributed by atoms with Crippen LogP contribution in [-0.4, -0.2) is 45.4 Å². The Morgan fingerprint density at radius 2 is 1.82 bits per heavy atom. The molecule has 0 unspecified atom stereocenters. The van der Waals surface area contributed by atoms with Crippen LogP contribution in [0.25, 0.3) is 0 Å². The van der Waals surface area contributed by atoms with Crippen molar-refractivity contribution in [3.05, 3.63) is 53.1 Å². The summed E-state index contributed by atoms with van der Waals surface area (Å²) in [5, 5.41) is 3.15. The second-order valence-electron chi connectivity index (χ2n) is 5.53. The highest BCUT2D eigenvalue weighted by molar-refractivity contribution is 6.32. The van der Waals surface area contributed by atoms with E-state index in [1.165, 1.54) is 7.11 Å². The molecule has 8 heteroatoms. The number of carbonyl (C=O) groups excluding carboxylic acids is 2. The highest BCUT2D eigenvalue weighted by Gasteiger charge is 2.09. The molecule has 1 amide bonds. The molecule has 0 radical (unpaired) electrons. The molecule has 0 atom stereocenters. The molecule has 0 bridgehead atoms. The lowest BCUT2D eigenvalue weighted by Gasteiger charge is -2.09. The molecule has 2 aromatic rings. The van der Waals surface area contributed by atoms with Crippen molar-refractivity contribution in [3.63, 3.8) is 0 Å². The summed E-state index contributed by atoms with van der Waals surface area (Å²) in [6.45, 7) is 2.75. The summed E-state index contributed by atoms with van der Waals surface area (Å²) < 4.78 is 20.4. The van der Waals surface area contributed by atoms with Crippen molar-refractivity contribution in [2.75, 3.05) is 38.9 Å². The van der Waals surface area contributed by atoms with Crippen LogP contribution in [0.2, 0.25) is 5.02 Å². The summed E-state index contributed by atoms with van der Waals surface area (Å²) in [6.07, 6.45) is 0. The van der Waals surface area contributed by atoms with Crippen LogP contribution in [0, 0.1) is 0 Å². The van der Waals surface area contributed by atoms with Gasteiger partial charge >= 0.3 is 5.97 Å². The van der Waals surface area contributed by atoms with Crippen molar-refractivity contribution in [2.45, 2.75) is 6.92 Å². The monoisotopic (exact) mass is 407 g/mol. The van der Waals surface area contributed by atoms with Crippen LogP contribution in [0.15, 0.2) is 42.5 Å². The van der Waals surface area contributed by atoms with Gasteiger partial charge in [0.25, 0.3) is 5.91 Å². The minimum Gasteiger partial charge on any atom is -0.495 e. The van der Waals surface area contributed by atoms with Gasteiger partial charge in [0.05, 0.1) is 18.7 Å². The fraction of sp³-hybridized carbons (Fsp3) is 0.300. The first kappa shape index (κ1) is 21.5. The predicted molar refractivity (Wildman–Crippen MR) is 105 cm³/mol. The number of hydrogen-bond acceptors (Lipinski definition) is 6. The van der Waals surface area contributed by atoms with Crippen LogP contribution in [0.5, 0.6) is 11.5 Å². The molecule has 0 aliphatic carbocycles. The van der Waals surface area contributed by atoms with Gasteiger partial charge in [0, 0.05) is 17.9 Å². The van der Waals surface area contributed by atoms with Gasteiger partial charge in [-0.1, -0.05) is 11.6 Å². The molecule has 2 aromatic carbocycles. The number of esters is 1. The van der Waals surface area contributed by atoms with Crippen LogP contribution in [-0.2, 0) is 14.3 Å². The fourth-order valence-electron chi connectivity index (χ4n) is 2.19. The molecule has 0 aromatic heterocycles. The Hall–Kier alpha value is -2.77. The summed E-state index contributed by atoms with van der Waals surface area (Å²) in [5.41, 5.74) is 0.976. The number of ether oxygens (including phenoxy) is 4. The predicted octanol–water partition coefficient (Wildman–Crippen LogP) is 3.56. The molecule has 7 nitrogen and oxygen atoms in total. The normalized spacial score (nSPS) is 10.2. The molecule has 2 rings (SSSR count). The molecular formula is C20H22ClNO6. The Kier molecular flexibility index (Phi) is 8.58. The minimum absolute atomic E-state index is 0.185. The third kappa shape index (κ3) is 6.75. The molecule has 0 spiro atoms. The third-order valence-electron chi connectivity index (χ3n) is 3.58. The van der Waals surface area contributed by atoms with E-state index in [9.17, 15) is 9.59 Å². The molecule has 0 heterocycles. The van der Waals surface area contributed by atoms with Gasteiger partial charge in [0.2, 0.25) is 0 Å². The quantitative estimate of drug-likeness (QED) is 0.479. The number of rotatable bonds is 10. The van der Waals surface area contributed by atoms with Gasteiger partial charge in [0.15, 0.2) is 6.61 Å². The average molecular weight is 408 g/mol. The van der Waals surface area contributed by atoms with E-state index < -0.39 is 5.97 Å². The Morgan fingerprint density at radius 3 is 2.46 bits per heavy atom. The minimum atomic E-state index is -0.488. The lowest BCUT2D eigenvalue weighted by atomic mass is 10.2. The maximum atomic E-state index is 12.3. The SMILES string of the molecule is CCOCCOC(=O)COc1ccc(C(=O)Nc2ccc(OC)c(Cl)c2)cc1. The molecule has 0 saturated heterocycles. The summed E-state index contributed by atoms with van der Waals surface area (Å²) >= 11 is 6.05. The molecule has 1 N–H and O–H groups in total. The number of nitrogens with one attached hydrogen (secondary N) is 1. The molecule has 0 aliphatic heterocycles. The molecule has 0 aliphatic rings. The highest BCUT2D eigenvalue weighted by atomic mass is 35.5. The number of benzene rings is 2. The van der Waals surface area contributed by atoms with Crippen molar-refractivity contribution >= 4 is 29.2 Å². The van der Waals surface area contributed by atoms with Crippen LogP contribution >= 0.6 is 11.6 Å². The van der Waals surface area contributed by atoms with Crippen LogP contribution in [0.4, 0.5) is 5.69 Å². The Labute approximate surface area is 168 Å². The van der Waals surface area contributed by atoms with E-state index >= 15 is 0 Å². The van der Waals surface area contributed by atoms with Gasteiger partial charge < -0.3 is 24.3 Å². The standard InChI is InChI=1S/C20H22ClNO6/c1-3-26-10-11-27-19(23)13-28-16-7-4-14(5-8-16)20(24)22-15-6-9-18(25-2)17(21)12-15/h4-9,12H,3,10-11,13H2,1-2H3,(H,22,24). The van der Waals surface area contributed by atoms with E-state index in [1.54, 1.807) is 42.5 Å². The smallest absolute Gasteiger partial charge is 0.344 e. The Morgan fingerprint density at radius 1 is 1.07 bits per heavy atom. The third-order valence-corrected chi connectivity index (χ3v) is 3.87. The van der Waals surface area contributed by atoms with Gasteiger partial charge in [0.1, 0.15) is 18.1 Å². The Bertz CT molecular complexity index is 794.